The Kier molecular flexibility index (Phi) is 5.25. The topological polar surface area (TPSA) is 77.1 Å². The number of likely N-dealkylation sites (tertiary alicyclic amines) is 1. The van der Waals surface area contributed by atoms with Gasteiger partial charge in [0.05, 0.1) is 5.56 Å². The number of amides is 2. The van der Waals surface area contributed by atoms with E-state index in [0.717, 1.165) is 12.8 Å². The van der Waals surface area contributed by atoms with E-state index in [0.29, 0.717) is 43.4 Å². The average molecular weight is 362 g/mol. The number of hydrogen-bond donors (Lipinski definition) is 1. The van der Waals surface area contributed by atoms with Crippen molar-refractivity contribution in [2.24, 2.45) is 0 Å². The van der Waals surface area contributed by atoms with Crippen molar-refractivity contribution in [1.82, 2.24) is 10.2 Å². The molecule has 1 saturated heterocycles. The summed E-state index contributed by atoms with van der Waals surface area (Å²) in [5, 5.41) is 3.01. The molecule has 1 N–H and O–H groups in total. The van der Waals surface area contributed by atoms with Gasteiger partial charge in [-0.05, 0) is 45.7 Å². The van der Waals surface area contributed by atoms with Gasteiger partial charge >= 0.3 is 6.09 Å². The number of rotatable bonds is 2. The molecule has 0 bridgehead atoms. The maximum Gasteiger partial charge on any atom is 0.410 e. The monoisotopic (exact) mass is 362 g/mol. The zero-order valence-electron chi connectivity index (χ0n) is 15.5. The van der Waals surface area contributed by atoms with Crippen LogP contribution in [0, 0.1) is 0 Å². The summed E-state index contributed by atoms with van der Waals surface area (Å²) in [6.07, 6.45) is 1.29. The highest BCUT2D eigenvalue weighted by atomic mass is 16.6. The Morgan fingerprint density at radius 1 is 1.23 bits per heavy atom. The van der Waals surface area contributed by atoms with Crippen molar-refractivity contribution in [3.8, 4) is 11.5 Å². The fourth-order valence-corrected chi connectivity index (χ4v) is 3.10. The molecule has 0 spiro atoms. The Morgan fingerprint density at radius 2 is 2.00 bits per heavy atom. The molecule has 26 heavy (non-hydrogen) atoms. The molecule has 2 heterocycles. The summed E-state index contributed by atoms with van der Waals surface area (Å²) in [7, 11) is 0. The zero-order chi connectivity index (χ0) is 18.7. The van der Waals surface area contributed by atoms with Gasteiger partial charge in [-0.25, -0.2) is 4.79 Å². The third-order valence-corrected chi connectivity index (χ3v) is 4.22. The van der Waals surface area contributed by atoms with Crippen LogP contribution in [0.2, 0.25) is 0 Å². The van der Waals surface area contributed by atoms with E-state index in [9.17, 15) is 9.59 Å². The number of carbonyl (C=O) groups excluding carboxylic acids is 2. The van der Waals surface area contributed by atoms with E-state index < -0.39 is 5.60 Å². The molecule has 1 unspecified atom stereocenters. The van der Waals surface area contributed by atoms with Crippen LogP contribution in [-0.4, -0.2) is 54.8 Å². The van der Waals surface area contributed by atoms with Crippen LogP contribution < -0.4 is 14.8 Å². The molecular formula is C19H26N2O5. The number of benzene rings is 1. The summed E-state index contributed by atoms with van der Waals surface area (Å²) in [6, 6.07) is 5.16. The minimum absolute atomic E-state index is 0.121. The second kappa shape index (κ2) is 7.43. The number of piperidine rings is 1. The molecule has 7 nitrogen and oxygen atoms in total. The van der Waals surface area contributed by atoms with Crippen LogP contribution in [0.3, 0.4) is 0 Å². The fourth-order valence-electron chi connectivity index (χ4n) is 3.10. The van der Waals surface area contributed by atoms with Gasteiger partial charge in [-0.3, -0.25) is 4.79 Å². The van der Waals surface area contributed by atoms with Gasteiger partial charge in [0.2, 0.25) is 0 Å². The van der Waals surface area contributed by atoms with Crippen LogP contribution in [0.15, 0.2) is 18.2 Å². The normalized spacial score (nSPS) is 19.7. The lowest BCUT2D eigenvalue weighted by atomic mass is 10.0. The van der Waals surface area contributed by atoms with Crippen molar-refractivity contribution in [3.63, 3.8) is 0 Å². The second-order valence-corrected chi connectivity index (χ2v) is 7.57. The molecule has 1 aromatic rings. The standard InChI is InChI=1S/C19H26N2O5/c1-19(2,3)26-18(23)21-9-5-6-13(12-21)20-17(22)14-7-4-8-15-16(14)25-11-10-24-15/h4,7-8,13H,5-6,9-12H2,1-3H3,(H,20,22). The fraction of sp³-hybridized carbons (Fsp3) is 0.579. The quantitative estimate of drug-likeness (QED) is 0.875. The van der Waals surface area contributed by atoms with E-state index in [1.807, 2.05) is 20.8 Å². The number of para-hydroxylation sites is 1. The van der Waals surface area contributed by atoms with Crippen LogP contribution in [0.5, 0.6) is 11.5 Å². The van der Waals surface area contributed by atoms with E-state index in [-0.39, 0.29) is 18.0 Å². The summed E-state index contributed by atoms with van der Waals surface area (Å²) < 4.78 is 16.6. The Balaban J connectivity index is 1.64. The van der Waals surface area contributed by atoms with Gasteiger partial charge < -0.3 is 24.4 Å². The number of nitrogens with one attached hydrogen (secondary N) is 1. The predicted octanol–water partition coefficient (Wildman–Crippen LogP) is 2.59. The van der Waals surface area contributed by atoms with Crippen molar-refractivity contribution in [1.29, 1.82) is 0 Å². The van der Waals surface area contributed by atoms with Gasteiger partial charge in [-0.1, -0.05) is 6.07 Å². The van der Waals surface area contributed by atoms with E-state index in [1.54, 1.807) is 23.1 Å². The van der Waals surface area contributed by atoms with Gasteiger partial charge in [-0.2, -0.15) is 0 Å². The Morgan fingerprint density at radius 3 is 2.77 bits per heavy atom. The Labute approximate surface area is 153 Å². The van der Waals surface area contributed by atoms with Gasteiger partial charge in [0.25, 0.3) is 5.91 Å². The lowest BCUT2D eigenvalue weighted by Crippen LogP contribution is -2.50. The number of fused-ring (bicyclic) bond motifs is 1. The highest BCUT2D eigenvalue weighted by molar-refractivity contribution is 5.98. The minimum atomic E-state index is -0.534. The van der Waals surface area contributed by atoms with E-state index >= 15 is 0 Å². The Bertz CT molecular complexity index is 683. The molecule has 0 radical (unpaired) electrons. The molecule has 0 aliphatic carbocycles. The van der Waals surface area contributed by atoms with Crippen LogP contribution in [0.1, 0.15) is 44.0 Å². The number of hydrogen-bond acceptors (Lipinski definition) is 5. The molecule has 7 heteroatoms. The molecule has 2 amide bonds. The molecule has 1 atom stereocenters. The van der Waals surface area contributed by atoms with E-state index in [1.165, 1.54) is 0 Å². The molecule has 0 aromatic heterocycles. The third-order valence-electron chi connectivity index (χ3n) is 4.22. The molecule has 2 aliphatic heterocycles. The predicted molar refractivity (Wildman–Crippen MR) is 95.7 cm³/mol. The smallest absolute Gasteiger partial charge is 0.410 e. The van der Waals surface area contributed by atoms with Crippen molar-refractivity contribution >= 4 is 12.0 Å². The van der Waals surface area contributed by atoms with Gasteiger partial charge in [0, 0.05) is 19.1 Å². The highest BCUT2D eigenvalue weighted by Gasteiger charge is 2.29. The first kappa shape index (κ1) is 18.4. The molecule has 3 rings (SSSR count). The summed E-state index contributed by atoms with van der Waals surface area (Å²) in [4.78, 5) is 26.6. The molecular weight excluding hydrogens is 336 g/mol. The van der Waals surface area contributed by atoms with Gasteiger partial charge in [-0.15, -0.1) is 0 Å². The van der Waals surface area contributed by atoms with Crippen molar-refractivity contribution in [3.05, 3.63) is 23.8 Å². The Hall–Kier alpha value is -2.44. The summed E-state index contributed by atoms with van der Waals surface area (Å²) in [5.74, 6) is 0.849. The zero-order valence-corrected chi connectivity index (χ0v) is 15.5. The molecule has 1 aromatic carbocycles. The SMILES string of the molecule is CC(C)(C)OC(=O)N1CCCC(NC(=O)c2cccc3c2OCCO3)C1. The van der Waals surface area contributed by atoms with E-state index in [4.69, 9.17) is 14.2 Å². The number of carbonyl (C=O) groups is 2. The first-order valence-electron chi connectivity index (χ1n) is 9.01. The van der Waals surface area contributed by atoms with Crippen molar-refractivity contribution in [2.45, 2.75) is 45.3 Å². The first-order valence-corrected chi connectivity index (χ1v) is 9.01. The second-order valence-electron chi connectivity index (χ2n) is 7.57. The maximum atomic E-state index is 12.7. The molecule has 0 saturated carbocycles. The minimum Gasteiger partial charge on any atom is -0.486 e. The number of ether oxygens (including phenoxy) is 3. The van der Waals surface area contributed by atoms with Crippen LogP contribution >= 0.6 is 0 Å². The first-order chi connectivity index (χ1) is 12.3. The lowest BCUT2D eigenvalue weighted by molar-refractivity contribution is 0.0185. The van der Waals surface area contributed by atoms with Crippen LogP contribution in [0.25, 0.3) is 0 Å². The molecule has 2 aliphatic rings. The largest absolute Gasteiger partial charge is 0.486 e. The molecule has 1 fully saturated rings. The van der Waals surface area contributed by atoms with E-state index in [2.05, 4.69) is 5.32 Å². The van der Waals surface area contributed by atoms with Gasteiger partial charge in [0.15, 0.2) is 11.5 Å². The maximum absolute atomic E-state index is 12.7. The highest BCUT2D eigenvalue weighted by Crippen LogP contribution is 2.33. The van der Waals surface area contributed by atoms with Crippen molar-refractivity contribution in [2.75, 3.05) is 26.3 Å². The number of nitrogens with zero attached hydrogens (tertiary/aromatic N) is 1. The summed E-state index contributed by atoms with van der Waals surface area (Å²) >= 11 is 0. The third kappa shape index (κ3) is 4.39. The van der Waals surface area contributed by atoms with Crippen LogP contribution in [0.4, 0.5) is 4.79 Å². The van der Waals surface area contributed by atoms with Crippen LogP contribution in [-0.2, 0) is 4.74 Å². The van der Waals surface area contributed by atoms with Crippen molar-refractivity contribution < 1.29 is 23.8 Å². The van der Waals surface area contributed by atoms with Gasteiger partial charge in [0.1, 0.15) is 18.8 Å². The lowest BCUT2D eigenvalue weighted by Gasteiger charge is -2.34. The average Bonchev–Trinajstić information content (AvgIpc) is 2.60. The summed E-state index contributed by atoms with van der Waals surface area (Å²) in [5.41, 5.74) is -0.0788. The molecule has 142 valence electrons. The summed E-state index contributed by atoms with van der Waals surface area (Å²) in [6.45, 7) is 7.50.